The van der Waals surface area contributed by atoms with Crippen molar-refractivity contribution >= 4 is 38.5 Å². The van der Waals surface area contributed by atoms with Gasteiger partial charge >= 0.3 is 0 Å². The first-order chi connectivity index (χ1) is 12.1. The van der Waals surface area contributed by atoms with Crippen LogP contribution in [-0.4, -0.2) is 20.9 Å². The molecule has 2 aromatic carbocycles. The van der Waals surface area contributed by atoms with Crippen LogP contribution in [-0.2, 0) is 6.54 Å². The van der Waals surface area contributed by atoms with Gasteiger partial charge in [-0.1, -0.05) is 12.1 Å². The summed E-state index contributed by atoms with van der Waals surface area (Å²) in [6, 6.07) is 13.4. The highest BCUT2D eigenvalue weighted by Gasteiger charge is 2.10. The molecule has 0 fully saturated rings. The number of rotatable bonds is 3. The van der Waals surface area contributed by atoms with Crippen LogP contribution >= 0.6 is 11.3 Å². The summed E-state index contributed by atoms with van der Waals surface area (Å²) in [5.74, 6) is -0.138. The van der Waals surface area contributed by atoms with E-state index in [4.69, 9.17) is 0 Å². The molecule has 2 heterocycles. The van der Waals surface area contributed by atoms with Gasteiger partial charge in [0.1, 0.15) is 5.01 Å². The number of nitrogens with one attached hydrogen (secondary N) is 1. The maximum atomic E-state index is 12.4. The van der Waals surface area contributed by atoms with Crippen LogP contribution in [0.25, 0.3) is 21.3 Å². The first kappa shape index (κ1) is 15.7. The minimum absolute atomic E-state index is 0.138. The molecule has 25 heavy (non-hydrogen) atoms. The monoisotopic (exact) mass is 348 g/mol. The Morgan fingerprint density at radius 2 is 1.72 bits per heavy atom. The van der Waals surface area contributed by atoms with Crippen LogP contribution in [0.4, 0.5) is 0 Å². The lowest BCUT2D eigenvalue weighted by Crippen LogP contribution is -2.22. The Labute approximate surface area is 148 Å². The van der Waals surface area contributed by atoms with Crippen LogP contribution < -0.4 is 5.32 Å². The van der Waals surface area contributed by atoms with Crippen molar-refractivity contribution in [2.24, 2.45) is 0 Å². The lowest BCUT2D eigenvalue weighted by Gasteiger charge is -2.06. The molecule has 0 aliphatic rings. The van der Waals surface area contributed by atoms with Crippen molar-refractivity contribution in [3.05, 3.63) is 64.4 Å². The summed E-state index contributed by atoms with van der Waals surface area (Å²) in [5, 5.41) is 3.82. The van der Waals surface area contributed by atoms with Gasteiger partial charge in [-0.2, -0.15) is 0 Å². The molecule has 1 amide bonds. The lowest BCUT2D eigenvalue weighted by molar-refractivity contribution is 0.0951. The number of benzene rings is 2. The van der Waals surface area contributed by atoms with E-state index in [1.165, 1.54) is 0 Å². The zero-order valence-corrected chi connectivity index (χ0v) is 14.7. The van der Waals surface area contributed by atoms with Crippen LogP contribution in [0.2, 0.25) is 0 Å². The fourth-order valence-corrected chi connectivity index (χ4v) is 3.53. The number of aryl methyl sites for hydroxylation is 2. The second-order valence-corrected chi connectivity index (χ2v) is 6.97. The molecule has 6 heteroatoms. The molecular formula is C19H16N4OS. The van der Waals surface area contributed by atoms with E-state index in [-0.39, 0.29) is 5.91 Å². The van der Waals surface area contributed by atoms with Gasteiger partial charge in [0, 0.05) is 5.56 Å². The van der Waals surface area contributed by atoms with E-state index in [1.54, 1.807) is 23.5 Å². The second-order valence-electron chi connectivity index (χ2n) is 5.86. The van der Waals surface area contributed by atoms with Gasteiger partial charge in [0.2, 0.25) is 0 Å². The molecular weight excluding hydrogens is 332 g/mol. The topological polar surface area (TPSA) is 67.8 Å². The van der Waals surface area contributed by atoms with Gasteiger partial charge in [0.15, 0.2) is 0 Å². The minimum Gasteiger partial charge on any atom is -0.346 e. The molecule has 0 bridgehead atoms. The Bertz CT molecular complexity index is 1070. The van der Waals surface area contributed by atoms with Gasteiger partial charge in [-0.3, -0.25) is 4.79 Å². The number of nitrogens with zero attached hydrogens (tertiary/aromatic N) is 3. The van der Waals surface area contributed by atoms with Crippen molar-refractivity contribution in [2.45, 2.75) is 20.4 Å². The fourth-order valence-electron chi connectivity index (χ4n) is 2.63. The number of hydrogen-bond donors (Lipinski definition) is 1. The minimum atomic E-state index is -0.138. The van der Waals surface area contributed by atoms with E-state index in [2.05, 4.69) is 20.3 Å². The molecule has 4 aromatic rings. The molecule has 0 atom stereocenters. The first-order valence-corrected chi connectivity index (χ1v) is 8.79. The van der Waals surface area contributed by atoms with Crippen molar-refractivity contribution in [3.8, 4) is 0 Å². The summed E-state index contributed by atoms with van der Waals surface area (Å²) < 4.78 is 1.12. The smallest absolute Gasteiger partial charge is 0.251 e. The summed E-state index contributed by atoms with van der Waals surface area (Å²) in [6.07, 6.45) is 0. The molecule has 0 saturated heterocycles. The number of hydrogen-bond acceptors (Lipinski definition) is 5. The second kappa shape index (κ2) is 6.22. The van der Waals surface area contributed by atoms with Crippen LogP contribution in [0.3, 0.4) is 0 Å². The summed E-state index contributed by atoms with van der Waals surface area (Å²) in [4.78, 5) is 26.0. The van der Waals surface area contributed by atoms with Crippen molar-refractivity contribution in [2.75, 3.05) is 0 Å². The van der Waals surface area contributed by atoms with Crippen molar-refractivity contribution in [3.63, 3.8) is 0 Å². The average molecular weight is 348 g/mol. The highest BCUT2D eigenvalue weighted by molar-refractivity contribution is 7.18. The quantitative estimate of drug-likeness (QED) is 0.612. The van der Waals surface area contributed by atoms with Gasteiger partial charge in [0.25, 0.3) is 5.91 Å². The number of para-hydroxylation sites is 1. The lowest BCUT2D eigenvalue weighted by atomic mass is 10.1. The Morgan fingerprint density at radius 1 is 0.960 bits per heavy atom. The highest BCUT2D eigenvalue weighted by Crippen LogP contribution is 2.21. The number of amides is 1. The summed E-state index contributed by atoms with van der Waals surface area (Å²) >= 11 is 1.59. The molecule has 5 nitrogen and oxygen atoms in total. The van der Waals surface area contributed by atoms with E-state index >= 15 is 0 Å². The third-order valence-corrected chi connectivity index (χ3v) is 5.11. The average Bonchev–Trinajstić information content (AvgIpc) is 3.03. The molecule has 0 radical (unpaired) electrons. The third-order valence-electron chi connectivity index (χ3n) is 4.08. The predicted molar refractivity (Wildman–Crippen MR) is 99.8 cm³/mol. The van der Waals surface area contributed by atoms with Crippen molar-refractivity contribution in [1.29, 1.82) is 0 Å². The maximum absolute atomic E-state index is 12.4. The van der Waals surface area contributed by atoms with Crippen LogP contribution in [0.15, 0.2) is 42.5 Å². The van der Waals surface area contributed by atoms with E-state index in [0.29, 0.717) is 12.1 Å². The molecule has 124 valence electrons. The number of carbonyl (C=O) groups is 1. The molecule has 2 aromatic heterocycles. The molecule has 4 rings (SSSR count). The highest BCUT2D eigenvalue weighted by atomic mass is 32.1. The standard InChI is InChI=1S/C19H16N4OS/c1-11-12(2)22-16-9-13(7-8-14(16)21-11)19(24)20-10-18-23-15-5-3-4-6-17(15)25-18/h3-9H,10H2,1-2H3,(H,20,24). The first-order valence-electron chi connectivity index (χ1n) is 7.98. The van der Waals surface area contributed by atoms with Crippen LogP contribution in [0.1, 0.15) is 26.8 Å². The van der Waals surface area contributed by atoms with E-state index in [1.807, 2.05) is 44.2 Å². The van der Waals surface area contributed by atoms with Crippen LogP contribution in [0, 0.1) is 13.8 Å². The van der Waals surface area contributed by atoms with E-state index in [9.17, 15) is 4.79 Å². The predicted octanol–water partition coefficient (Wildman–Crippen LogP) is 3.79. The zero-order valence-electron chi connectivity index (χ0n) is 13.9. The third kappa shape index (κ3) is 3.08. The van der Waals surface area contributed by atoms with Gasteiger partial charge in [-0.25, -0.2) is 15.0 Å². The normalized spacial score (nSPS) is 11.1. The maximum Gasteiger partial charge on any atom is 0.251 e. The Balaban J connectivity index is 1.54. The van der Waals surface area contributed by atoms with Crippen molar-refractivity contribution in [1.82, 2.24) is 20.3 Å². The number of carbonyl (C=O) groups excluding carboxylic acids is 1. The number of aromatic nitrogens is 3. The number of thiazole rings is 1. The zero-order chi connectivity index (χ0) is 17.4. The van der Waals surface area contributed by atoms with Gasteiger partial charge < -0.3 is 5.32 Å². The molecule has 0 aliphatic heterocycles. The van der Waals surface area contributed by atoms with Crippen molar-refractivity contribution < 1.29 is 4.79 Å². The van der Waals surface area contributed by atoms with Crippen LogP contribution in [0.5, 0.6) is 0 Å². The van der Waals surface area contributed by atoms with Gasteiger partial charge in [0.05, 0.1) is 39.2 Å². The Kier molecular flexibility index (Phi) is 3.89. The Morgan fingerprint density at radius 3 is 2.52 bits per heavy atom. The summed E-state index contributed by atoms with van der Waals surface area (Å²) in [7, 11) is 0. The molecule has 0 spiro atoms. The molecule has 0 unspecified atom stereocenters. The molecule has 0 saturated carbocycles. The summed E-state index contributed by atoms with van der Waals surface area (Å²) in [5.41, 5.74) is 4.84. The molecule has 0 aliphatic carbocycles. The SMILES string of the molecule is Cc1nc2ccc(C(=O)NCc3nc4ccccc4s3)cc2nc1C. The van der Waals surface area contributed by atoms with E-state index < -0.39 is 0 Å². The summed E-state index contributed by atoms with van der Waals surface area (Å²) in [6.45, 7) is 4.26. The Hall–Kier alpha value is -2.86. The van der Waals surface area contributed by atoms with Gasteiger partial charge in [-0.15, -0.1) is 11.3 Å². The van der Waals surface area contributed by atoms with Gasteiger partial charge in [-0.05, 0) is 44.2 Å². The largest absolute Gasteiger partial charge is 0.346 e. The number of fused-ring (bicyclic) bond motifs is 2. The fraction of sp³-hybridized carbons (Fsp3) is 0.158. The molecule has 1 N–H and O–H groups in total. The van der Waals surface area contributed by atoms with E-state index in [0.717, 1.165) is 37.6 Å².